The molecule has 0 aliphatic heterocycles. The molecule has 0 fully saturated rings. The van der Waals surface area contributed by atoms with Crippen molar-refractivity contribution in [2.75, 3.05) is 0 Å². The van der Waals surface area contributed by atoms with Gasteiger partial charge < -0.3 is 4.42 Å². The van der Waals surface area contributed by atoms with Crippen LogP contribution in [0.1, 0.15) is 36.9 Å². The van der Waals surface area contributed by atoms with E-state index in [1.807, 2.05) is 13.8 Å². The number of aromatic nitrogens is 1. The van der Waals surface area contributed by atoms with Gasteiger partial charge in [0.15, 0.2) is 5.89 Å². The molecule has 0 bridgehead atoms. The summed E-state index contributed by atoms with van der Waals surface area (Å²) in [7, 11) is 0. The van der Waals surface area contributed by atoms with Crippen LogP contribution in [-0.4, -0.2) is 4.98 Å². The number of rotatable bonds is 3. The molecule has 1 aromatic carbocycles. The first kappa shape index (κ1) is 11.8. The molecule has 0 radical (unpaired) electrons. The highest BCUT2D eigenvalue weighted by Gasteiger charge is 2.10. The lowest BCUT2D eigenvalue weighted by Gasteiger charge is -2.00. The first-order valence-corrected chi connectivity index (χ1v) is 5.44. The molecule has 1 heterocycles. The molecule has 2 nitrogen and oxygen atoms in total. The van der Waals surface area contributed by atoms with Crippen molar-refractivity contribution in [2.24, 2.45) is 0 Å². The highest BCUT2D eigenvalue weighted by molar-refractivity contribution is 5.23. The summed E-state index contributed by atoms with van der Waals surface area (Å²) < 4.78 is 31.4. The second-order valence-corrected chi connectivity index (χ2v) is 4.24. The zero-order valence-corrected chi connectivity index (χ0v) is 9.71. The topological polar surface area (TPSA) is 26.0 Å². The van der Waals surface area contributed by atoms with Gasteiger partial charge in [-0.15, -0.1) is 0 Å². The fourth-order valence-electron chi connectivity index (χ4n) is 1.53. The minimum atomic E-state index is -0.575. The van der Waals surface area contributed by atoms with E-state index in [1.165, 1.54) is 18.4 Å². The third-order valence-corrected chi connectivity index (χ3v) is 2.45. The molecule has 4 heteroatoms. The van der Waals surface area contributed by atoms with Crippen LogP contribution in [0.5, 0.6) is 0 Å². The fraction of sp³-hybridized carbons (Fsp3) is 0.308. The van der Waals surface area contributed by atoms with Gasteiger partial charge in [-0.25, -0.2) is 13.8 Å². The van der Waals surface area contributed by atoms with Gasteiger partial charge in [0.2, 0.25) is 0 Å². The van der Waals surface area contributed by atoms with Gasteiger partial charge in [-0.1, -0.05) is 19.9 Å². The molecule has 0 aliphatic carbocycles. The van der Waals surface area contributed by atoms with E-state index in [2.05, 4.69) is 4.98 Å². The Hall–Kier alpha value is -1.71. The third kappa shape index (κ3) is 2.70. The van der Waals surface area contributed by atoms with Gasteiger partial charge in [0.1, 0.15) is 17.9 Å². The second-order valence-electron chi connectivity index (χ2n) is 4.24. The van der Waals surface area contributed by atoms with E-state index in [9.17, 15) is 8.78 Å². The Morgan fingerprint density at radius 1 is 1.29 bits per heavy atom. The predicted octanol–water partition coefficient (Wildman–Crippen LogP) is 3.67. The molecule has 2 rings (SSSR count). The summed E-state index contributed by atoms with van der Waals surface area (Å²) in [6.07, 6.45) is 1.82. The van der Waals surface area contributed by atoms with Gasteiger partial charge in [-0.05, 0) is 11.6 Å². The van der Waals surface area contributed by atoms with Crippen LogP contribution in [0.3, 0.4) is 0 Å². The molecule has 0 saturated heterocycles. The lowest BCUT2D eigenvalue weighted by Crippen LogP contribution is -1.95. The molecule has 0 N–H and O–H groups in total. The molecule has 17 heavy (non-hydrogen) atoms. The molecule has 90 valence electrons. The standard InChI is InChI=1S/C13H13F2NO/c1-8(2)13-16-11(7-17-13)5-9-3-4-10(14)6-12(9)15/h3-4,6-8H,5H2,1-2H3. The molecule has 2 aromatic rings. The van der Waals surface area contributed by atoms with Gasteiger partial charge >= 0.3 is 0 Å². The van der Waals surface area contributed by atoms with Crippen LogP contribution >= 0.6 is 0 Å². The zero-order chi connectivity index (χ0) is 12.4. The summed E-state index contributed by atoms with van der Waals surface area (Å²) in [5.41, 5.74) is 1.06. The van der Waals surface area contributed by atoms with E-state index >= 15 is 0 Å². The summed E-state index contributed by atoms with van der Waals surface area (Å²) in [4.78, 5) is 4.24. The van der Waals surface area contributed by atoms with Crippen LogP contribution in [0, 0.1) is 11.6 Å². The smallest absolute Gasteiger partial charge is 0.196 e. The number of oxazole rings is 1. The van der Waals surface area contributed by atoms with Crippen molar-refractivity contribution in [3.8, 4) is 0 Å². The van der Waals surface area contributed by atoms with Crippen LogP contribution in [0.15, 0.2) is 28.9 Å². The van der Waals surface area contributed by atoms with E-state index in [0.717, 1.165) is 6.07 Å². The Morgan fingerprint density at radius 3 is 2.65 bits per heavy atom. The Kier molecular flexibility index (Phi) is 3.22. The van der Waals surface area contributed by atoms with Crippen molar-refractivity contribution >= 4 is 0 Å². The lowest BCUT2D eigenvalue weighted by molar-refractivity contribution is 0.470. The molecular formula is C13H13F2NO. The Morgan fingerprint density at radius 2 is 2.06 bits per heavy atom. The summed E-state index contributed by atoms with van der Waals surface area (Å²) in [5.74, 6) is -0.308. The van der Waals surface area contributed by atoms with E-state index in [0.29, 0.717) is 23.6 Å². The molecule has 0 amide bonds. The molecular weight excluding hydrogens is 224 g/mol. The van der Waals surface area contributed by atoms with Crippen LogP contribution < -0.4 is 0 Å². The zero-order valence-electron chi connectivity index (χ0n) is 9.71. The maximum atomic E-state index is 13.4. The first-order valence-electron chi connectivity index (χ1n) is 5.44. The fourth-order valence-corrected chi connectivity index (χ4v) is 1.53. The first-order chi connectivity index (χ1) is 8.06. The Bertz CT molecular complexity index is 520. The minimum Gasteiger partial charge on any atom is -0.448 e. The normalized spacial score (nSPS) is 11.1. The maximum absolute atomic E-state index is 13.4. The number of nitrogens with zero attached hydrogens (tertiary/aromatic N) is 1. The van der Waals surface area contributed by atoms with Crippen molar-refractivity contribution in [1.29, 1.82) is 0 Å². The predicted molar refractivity (Wildman–Crippen MR) is 59.8 cm³/mol. The van der Waals surface area contributed by atoms with E-state index < -0.39 is 11.6 Å². The monoisotopic (exact) mass is 237 g/mol. The third-order valence-electron chi connectivity index (χ3n) is 2.45. The molecule has 0 atom stereocenters. The molecule has 0 saturated carbocycles. The molecule has 1 aromatic heterocycles. The summed E-state index contributed by atoms with van der Waals surface area (Å²) in [6, 6.07) is 3.54. The quantitative estimate of drug-likeness (QED) is 0.814. The SMILES string of the molecule is CC(C)c1nc(Cc2ccc(F)cc2F)co1. The highest BCUT2D eigenvalue weighted by Crippen LogP contribution is 2.17. The van der Waals surface area contributed by atoms with Crippen LogP contribution in [-0.2, 0) is 6.42 Å². The molecule has 0 spiro atoms. The minimum absolute atomic E-state index is 0.196. The van der Waals surface area contributed by atoms with Gasteiger partial charge in [0, 0.05) is 18.4 Å². The average Bonchev–Trinajstić information content (AvgIpc) is 2.71. The van der Waals surface area contributed by atoms with E-state index in [4.69, 9.17) is 4.42 Å². The number of hydrogen-bond donors (Lipinski definition) is 0. The van der Waals surface area contributed by atoms with Crippen molar-refractivity contribution in [1.82, 2.24) is 4.98 Å². The van der Waals surface area contributed by atoms with Crippen molar-refractivity contribution in [2.45, 2.75) is 26.2 Å². The van der Waals surface area contributed by atoms with Gasteiger partial charge in [0.25, 0.3) is 0 Å². The molecule has 0 aliphatic rings. The summed E-state index contributed by atoms with van der Waals surface area (Å²) >= 11 is 0. The number of benzene rings is 1. The Balaban J connectivity index is 2.19. The largest absolute Gasteiger partial charge is 0.448 e. The van der Waals surface area contributed by atoms with Crippen LogP contribution in [0.4, 0.5) is 8.78 Å². The Labute approximate surface area is 98.3 Å². The second kappa shape index (κ2) is 4.65. The van der Waals surface area contributed by atoms with Gasteiger partial charge in [-0.2, -0.15) is 0 Å². The maximum Gasteiger partial charge on any atom is 0.196 e. The van der Waals surface area contributed by atoms with Crippen molar-refractivity contribution < 1.29 is 13.2 Å². The number of hydrogen-bond acceptors (Lipinski definition) is 2. The number of halogens is 2. The highest BCUT2D eigenvalue weighted by atomic mass is 19.1. The van der Waals surface area contributed by atoms with E-state index in [-0.39, 0.29) is 5.92 Å². The van der Waals surface area contributed by atoms with Crippen molar-refractivity contribution in [3.05, 3.63) is 53.2 Å². The summed E-state index contributed by atoms with van der Waals surface area (Å²) in [5, 5.41) is 0. The average molecular weight is 237 g/mol. The lowest BCUT2D eigenvalue weighted by atomic mass is 10.1. The van der Waals surface area contributed by atoms with Gasteiger partial charge in [0.05, 0.1) is 5.69 Å². The molecule has 0 unspecified atom stereocenters. The van der Waals surface area contributed by atoms with E-state index in [1.54, 1.807) is 0 Å². The van der Waals surface area contributed by atoms with Crippen LogP contribution in [0.25, 0.3) is 0 Å². The van der Waals surface area contributed by atoms with Crippen LogP contribution in [0.2, 0.25) is 0 Å². The van der Waals surface area contributed by atoms with Crippen molar-refractivity contribution in [3.63, 3.8) is 0 Å². The van der Waals surface area contributed by atoms with Gasteiger partial charge in [-0.3, -0.25) is 0 Å². The summed E-state index contributed by atoms with van der Waals surface area (Å²) in [6.45, 7) is 3.93.